The van der Waals surface area contributed by atoms with E-state index in [0.717, 1.165) is 11.6 Å². The molecule has 0 spiro atoms. The summed E-state index contributed by atoms with van der Waals surface area (Å²) >= 11 is 0. The second-order valence-electron chi connectivity index (χ2n) is 4.90. The molecule has 1 unspecified atom stereocenters. The van der Waals surface area contributed by atoms with E-state index in [1.807, 2.05) is 32.0 Å². The molecule has 0 aliphatic carbocycles. The lowest BCUT2D eigenvalue weighted by Crippen LogP contribution is -2.13. The standard InChI is InChI=1S/C16H17F2N/c1-10-3-5-13(7-11(10)2)16(19)9-12-4-6-14(17)15(18)8-12/h3-8,16H,9,19H2,1-2H3. The molecule has 0 saturated heterocycles. The molecule has 0 aromatic heterocycles. The minimum Gasteiger partial charge on any atom is -0.324 e. The molecule has 2 aromatic rings. The molecule has 0 radical (unpaired) electrons. The molecule has 0 fully saturated rings. The van der Waals surface area contributed by atoms with E-state index in [1.165, 1.54) is 17.2 Å². The average molecular weight is 261 g/mol. The molecule has 0 amide bonds. The first kappa shape index (κ1) is 13.7. The third-order valence-electron chi connectivity index (χ3n) is 3.40. The van der Waals surface area contributed by atoms with Gasteiger partial charge in [0.2, 0.25) is 0 Å². The van der Waals surface area contributed by atoms with Gasteiger partial charge in [-0.05, 0) is 54.7 Å². The lowest BCUT2D eigenvalue weighted by Gasteiger charge is -2.14. The monoisotopic (exact) mass is 261 g/mol. The number of hydrogen-bond acceptors (Lipinski definition) is 1. The van der Waals surface area contributed by atoms with Crippen molar-refractivity contribution < 1.29 is 8.78 Å². The zero-order valence-electron chi connectivity index (χ0n) is 11.1. The molecule has 2 N–H and O–H groups in total. The summed E-state index contributed by atoms with van der Waals surface area (Å²) < 4.78 is 26.0. The molecule has 1 nitrogen and oxygen atoms in total. The lowest BCUT2D eigenvalue weighted by molar-refractivity contribution is 0.506. The summed E-state index contributed by atoms with van der Waals surface area (Å²) in [6.07, 6.45) is 0.486. The summed E-state index contributed by atoms with van der Waals surface area (Å²) in [4.78, 5) is 0. The van der Waals surface area contributed by atoms with Crippen LogP contribution in [0.15, 0.2) is 36.4 Å². The summed E-state index contributed by atoms with van der Waals surface area (Å²) in [6, 6.07) is 9.74. The highest BCUT2D eigenvalue weighted by molar-refractivity contribution is 5.32. The van der Waals surface area contributed by atoms with Gasteiger partial charge in [0.05, 0.1) is 0 Å². The predicted octanol–water partition coefficient (Wildman–Crippen LogP) is 3.82. The number of halogens is 2. The zero-order valence-corrected chi connectivity index (χ0v) is 11.1. The smallest absolute Gasteiger partial charge is 0.159 e. The van der Waals surface area contributed by atoms with Crippen molar-refractivity contribution in [2.24, 2.45) is 5.73 Å². The minimum absolute atomic E-state index is 0.218. The maximum atomic E-state index is 13.1. The summed E-state index contributed by atoms with van der Waals surface area (Å²) in [7, 11) is 0. The first-order valence-electron chi connectivity index (χ1n) is 6.24. The van der Waals surface area contributed by atoms with E-state index in [0.29, 0.717) is 12.0 Å². The van der Waals surface area contributed by atoms with Gasteiger partial charge in [-0.3, -0.25) is 0 Å². The summed E-state index contributed by atoms with van der Waals surface area (Å²) in [5.41, 5.74) is 10.2. The van der Waals surface area contributed by atoms with Gasteiger partial charge in [-0.15, -0.1) is 0 Å². The molecule has 0 heterocycles. The predicted molar refractivity (Wildman–Crippen MR) is 72.9 cm³/mol. The Morgan fingerprint density at radius 2 is 1.68 bits per heavy atom. The molecule has 2 rings (SSSR count). The van der Waals surface area contributed by atoms with Gasteiger partial charge in [0.15, 0.2) is 11.6 Å². The Balaban J connectivity index is 2.17. The fourth-order valence-corrected chi connectivity index (χ4v) is 2.03. The van der Waals surface area contributed by atoms with Gasteiger partial charge in [0.25, 0.3) is 0 Å². The van der Waals surface area contributed by atoms with Crippen LogP contribution in [0, 0.1) is 25.5 Å². The first-order chi connectivity index (χ1) is 8.97. The van der Waals surface area contributed by atoms with Crippen molar-refractivity contribution in [1.82, 2.24) is 0 Å². The van der Waals surface area contributed by atoms with E-state index >= 15 is 0 Å². The van der Waals surface area contributed by atoms with Gasteiger partial charge in [-0.25, -0.2) is 8.78 Å². The fourth-order valence-electron chi connectivity index (χ4n) is 2.03. The van der Waals surface area contributed by atoms with Crippen LogP contribution in [-0.4, -0.2) is 0 Å². The molecule has 0 aliphatic rings. The largest absolute Gasteiger partial charge is 0.324 e. The average Bonchev–Trinajstić information content (AvgIpc) is 2.37. The third kappa shape index (κ3) is 3.18. The van der Waals surface area contributed by atoms with Crippen LogP contribution in [0.4, 0.5) is 8.78 Å². The maximum absolute atomic E-state index is 13.1. The fraction of sp³-hybridized carbons (Fsp3) is 0.250. The third-order valence-corrected chi connectivity index (χ3v) is 3.40. The van der Waals surface area contributed by atoms with Gasteiger partial charge in [0, 0.05) is 6.04 Å². The molecule has 100 valence electrons. The lowest BCUT2D eigenvalue weighted by atomic mass is 9.96. The number of benzene rings is 2. The summed E-state index contributed by atoms with van der Waals surface area (Å²) in [6.45, 7) is 4.07. The van der Waals surface area contributed by atoms with Crippen molar-refractivity contribution in [3.05, 3.63) is 70.3 Å². The molecular weight excluding hydrogens is 244 g/mol. The highest BCUT2D eigenvalue weighted by atomic mass is 19.2. The van der Waals surface area contributed by atoms with Crippen molar-refractivity contribution in [2.45, 2.75) is 26.3 Å². The number of hydrogen-bond donors (Lipinski definition) is 1. The quantitative estimate of drug-likeness (QED) is 0.893. The van der Waals surface area contributed by atoms with Crippen molar-refractivity contribution >= 4 is 0 Å². The number of aryl methyl sites for hydroxylation is 2. The van der Waals surface area contributed by atoms with E-state index in [-0.39, 0.29) is 6.04 Å². The van der Waals surface area contributed by atoms with Gasteiger partial charge >= 0.3 is 0 Å². The Bertz CT molecular complexity index is 593. The molecule has 0 bridgehead atoms. The van der Waals surface area contributed by atoms with Crippen molar-refractivity contribution in [3.8, 4) is 0 Å². The van der Waals surface area contributed by atoms with Crippen LogP contribution in [0.5, 0.6) is 0 Å². The number of nitrogens with two attached hydrogens (primary N) is 1. The zero-order chi connectivity index (χ0) is 14.0. The van der Waals surface area contributed by atoms with Crippen LogP contribution in [0.2, 0.25) is 0 Å². The molecular formula is C16H17F2N. The van der Waals surface area contributed by atoms with Gasteiger partial charge in [-0.1, -0.05) is 24.3 Å². The second kappa shape index (κ2) is 5.49. The number of rotatable bonds is 3. The minimum atomic E-state index is -0.830. The first-order valence-corrected chi connectivity index (χ1v) is 6.24. The second-order valence-corrected chi connectivity index (χ2v) is 4.90. The van der Waals surface area contributed by atoms with Crippen molar-refractivity contribution in [1.29, 1.82) is 0 Å². The van der Waals surface area contributed by atoms with Gasteiger partial charge in [0.1, 0.15) is 0 Å². The van der Waals surface area contributed by atoms with Crippen molar-refractivity contribution in [2.75, 3.05) is 0 Å². The van der Waals surface area contributed by atoms with Crippen LogP contribution in [0.1, 0.15) is 28.3 Å². The van der Waals surface area contributed by atoms with Crippen LogP contribution in [0.3, 0.4) is 0 Å². The SMILES string of the molecule is Cc1ccc(C(N)Cc2ccc(F)c(F)c2)cc1C. The Morgan fingerprint density at radius 3 is 2.32 bits per heavy atom. The molecule has 0 aliphatic heterocycles. The molecule has 2 aromatic carbocycles. The van der Waals surface area contributed by atoms with Crippen LogP contribution in [-0.2, 0) is 6.42 Å². The van der Waals surface area contributed by atoms with Gasteiger partial charge in [-0.2, -0.15) is 0 Å². The molecule has 0 saturated carbocycles. The normalized spacial score (nSPS) is 12.5. The van der Waals surface area contributed by atoms with E-state index in [2.05, 4.69) is 0 Å². The Hall–Kier alpha value is -1.74. The Morgan fingerprint density at radius 1 is 0.947 bits per heavy atom. The summed E-state index contributed by atoms with van der Waals surface area (Å²) in [5, 5.41) is 0. The summed E-state index contributed by atoms with van der Waals surface area (Å²) in [5.74, 6) is -1.66. The van der Waals surface area contributed by atoms with E-state index < -0.39 is 11.6 Å². The molecule has 1 atom stereocenters. The highest BCUT2D eigenvalue weighted by Gasteiger charge is 2.10. The van der Waals surface area contributed by atoms with E-state index in [9.17, 15) is 8.78 Å². The van der Waals surface area contributed by atoms with Crippen molar-refractivity contribution in [3.63, 3.8) is 0 Å². The van der Waals surface area contributed by atoms with Crippen LogP contribution in [0.25, 0.3) is 0 Å². The van der Waals surface area contributed by atoms with Gasteiger partial charge < -0.3 is 5.73 Å². The van der Waals surface area contributed by atoms with Crippen LogP contribution >= 0.6 is 0 Å². The van der Waals surface area contributed by atoms with E-state index in [4.69, 9.17) is 5.73 Å². The van der Waals surface area contributed by atoms with Crippen LogP contribution < -0.4 is 5.73 Å². The maximum Gasteiger partial charge on any atom is 0.159 e. The molecule has 19 heavy (non-hydrogen) atoms. The highest BCUT2D eigenvalue weighted by Crippen LogP contribution is 2.20. The Kier molecular flexibility index (Phi) is 3.96. The van der Waals surface area contributed by atoms with E-state index in [1.54, 1.807) is 6.07 Å². The Labute approximate surface area is 112 Å². The topological polar surface area (TPSA) is 26.0 Å². The molecule has 3 heteroatoms.